The van der Waals surface area contributed by atoms with E-state index in [9.17, 15) is 4.79 Å². The molecule has 0 bridgehead atoms. The van der Waals surface area contributed by atoms with Crippen molar-refractivity contribution in [1.29, 1.82) is 0 Å². The number of benzene rings is 2. The second kappa shape index (κ2) is 9.34. The quantitative estimate of drug-likeness (QED) is 0.617. The number of carbonyl (C=O) groups excluding carboxylic acids is 1. The molecule has 2 heterocycles. The molecule has 0 radical (unpaired) electrons. The molecule has 0 aliphatic carbocycles. The maximum Gasteiger partial charge on any atom is 0.272 e. The first kappa shape index (κ1) is 21.1. The Morgan fingerprint density at radius 3 is 2.42 bits per heavy atom. The predicted molar refractivity (Wildman–Crippen MR) is 124 cm³/mol. The molecule has 1 amide bonds. The molecule has 3 aromatic rings. The number of amides is 1. The van der Waals surface area contributed by atoms with E-state index in [-0.39, 0.29) is 5.91 Å². The fourth-order valence-corrected chi connectivity index (χ4v) is 4.50. The monoisotopic (exact) mass is 439 g/mol. The molecule has 8 heteroatoms. The summed E-state index contributed by atoms with van der Waals surface area (Å²) in [6, 6.07) is 13.1. The number of rotatable bonds is 6. The number of nitrogens with one attached hydrogen (secondary N) is 1. The molecule has 0 atom stereocenters. The number of fused-ring (bicyclic) bond motifs is 1. The molecule has 1 N–H and O–H groups in total. The van der Waals surface area contributed by atoms with Gasteiger partial charge in [-0.25, -0.2) is 4.98 Å². The van der Waals surface area contributed by atoms with E-state index in [0.717, 1.165) is 41.4 Å². The van der Waals surface area contributed by atoms with Gasteiger partial charge in [0.05, 0.1) is 27.0 Å². The normalized spacial score (nSPS) is 13.7. The van der Waals surface area contributed by atoms with Crippen molar-refractivity contribution in [3.05, 3.63) is 48.2 Å². The molecular formula is C23H25N3O4S. The summed E-state index contributed by atoms with van der Waals surface area (Å²) in [6.45, 7) is 1.46. The number of hydrogen-bond donors (Lipinski definition) is 1. The molecule has 1 aliphatic rings. The predicted octanol–water partition coefficient (Wildman–Crippen LogP) is 4.19. The minimum atomic E-state index is -0.0662. The molecule has 0 unspecified atom stereocenters. The number of para-hydroxylation sites is 1. The topological polar surface area (TPSA) is 72.9 Å². The lowest BCUT2D eigenvalue weighted by Gasteiger charge is -2.26. The van der Waals surface area contributed by atoms with Gasteiger partial charge in [-0.2, -0.15) is 11.8 Å². The summed E-state index contributed by atoms with van der Waals surface area (Å²) in [6.07, 6.45) is 0. The van der Waals surface area contributed by atoms with Gasteiger partial charge in [0, 0.05) is 41.7 Å². The van der Waals surface area contributed by atoms with E-state index in [0.29, 0.717) is 28.5 Å². The average Bonchev–Trinajstić information content (AvgIpc) is 2.83. The van der Waals surface area contributed by atoms with E-state index in [1.54, 1.807) is 21.3 Å². The second-order valence-corrected chi connectivity index (χ2v) is 8.24. The molecule has 0 spiro atoms. The van der Waals surface area contributed by atoms with Crippen molar-refractivity contribution in [3.8, 4) is 17.2 Å². The largest absolute Gasteiger partial charge is 0.494 e. The van der Waals surface area contributed by atoms with Crippen molar-refractivity contribution >= 4 is 39.9 Å². The lowest BCUT2D eigenvalue weighted by atomic mass is 10.1. The molecule has 4 rings (SSSR count). The highest BCUT2D eigenvalue weighted by atomic mass is 32.2. The van der Waals surface area contributed by atoms with Crippen LogP contribution >= 0.6 is 11.8 Å². The van der Waals surface area contributed by atoms with Crippen LogP contribution in [0.3, 0.4) is 0 Å². The molecule has 1 saturated heterocycles. The summed E-state index contributed by atoms with van der Waals surface area (Å²) in [5, 5.41) is 4.28. The van der Waals surface area contributed by atoms with Crippen molar-refractivity contribution < 1.29 is 19.0 Å². The average molecular weight is 440 g/mol. The smallest absolute Gasteiger partial charge is 0.272 e. The van der Waals surface area contributed by atoms with Gasteiger partial charge in [0.2, 0.25) is 0 Å². The number of methoxy groups -OCH3 is 3. The van der Waals surface area contributed by atoms with Gasteiger partial charge in [0.15, 0.2) is 11.5 Å². The van der Waals surface area contributed by atoms with E-state index in [1.807, 2.05) is 59.1 Å². The molecule has 1 fully saturated rings. The molecule has 31 heavy (non-hydrogen) atoms. The maximum absolute atomic E-state index is 13.2. The van der Waals surface area contributed by atoms with E-state index >= 15 is 0 Å². The Morgan fingerprint density at radius 2 is 1.71 bits per heavy atom. The molecule has 162 valence electrons. The highest BCUT2D eigenvalue weighted by molar-refractivity contribution is 7.99. The van der Waals surface area contributed by atoms with Crippen molar-refractivity contribution in [1.82, 2.24) is 9.88 Å². The van der Waals surface area contributed by atoms with E-state index in [1.165, 1.54) is 0 Å². The van der Waals surface area contributed by atoms with Crippen LogP contribution in [-0.2, 0) is 0 Å². The first-order chi connectivity index (χ1) is 15.1. The summed E-state index contributed by atoms with van der Waals surface area (Å²) in [5.74, 6) is 3.71. The zero-order valence-corrected chi connectivity index (χ0v) is 18.6. The highest BCUT2D eigenvalue weighted by Gasteiger charge is 2.22. The van der Waals surface area contributed by atoms with Crippen molar-refractivity contribution in [2.45, 2.75) is 0 Å². The maximum atomic E-state index is 13.2. The first-order valence-electron chi connectivity index (χ1n) is 9.98. The molecule has 1 aromatic heterocycles. The Balaban J connectivity index is 1.78. The SMILES string of the molecule is COc1ccc(Nc2cc(C(=O)N3CCSCC3)nc3c(OC)cccc23)cc1OC. The van der Waals surface area contributed by atoms with Gasteiger partial charge >= 0.3 is 0 Å². The Hall–Kier alpha value is -3.13. The van der Waals surface area contributed by atoms with Crippen LogP contribution in [0.5, 0.6) is 17.2 Å². The summed E-state index contributed by atoms with van der Waals surface area (Å²) in [5.41, 5.74) is 2.61. The zero-order valence-electron chi connectivity index (χ0n) is 17.8. The summed E-state index contributed by atoms with van der Waals surface area (Å²) < 4.78 is 16.3. The molecule has 2 aromatic carbocycles. The Kier molecular flexibility index (Phi) is 6.36. The summed E-state index contributed by atoms with van der Waals surface area (Å²) in [4.78, 5) is 19.7. The standard InChI is InChI=1S/C23H25N3O4S/c1-28-19-8-7-15(13-21(19)30-3)24-17-14-18(23(27)26-9-11-31-12-10-26)25-22-16(17)5-4-6-20(22)29-2/h4-8,13-14H,9-12H2,1-3H3,(H,24,25). The van der Waals surface area contributed by atoms with Crippen molar-refractivity contribution in [3.63, 3.8) is 0 Å². The molecule has 7 nitrogen and oxygen atoms in total. The van der Waals surface area contributed by atoms with Crippen LogP contribution in [0.25, 0.3) is 10.9 Å². The number of pyridine rings is 1. The third kappa shape index (κ3) is 4.34. The van der Waals surface area contributed by atoms with Gasteiger partial charge in [-0.05, 0) is 24.3 Å². The van der Waals surface area contributed by atoms with Gasteiger partial charge in [-0.15, -0.1) is 0 Å². The zero-order chi connectivity index (χ0) is 21.8. The minimum absolute atomic E-state index is 0.0662. The first-order valence-corrected chi connectivity index (χ1v) is 11.1. The van der Waals surface area contributed by atoms with Crippen LogP contribution in [0, 0.1) is 0 Å². The summed E-state index contributed by atoms with van der Waals surface area (Å²) in [7, 11) is 4.81. The van der Waals surface area contributed by atoms with Crippen LogP contribution in [-0.4, -0.2) is 61.7 Å². The van der Waals surface area contributed by atoms with Crippen molar-refractivity contribution in [2.24, 2.45) is 0 Å². The van der Waals surface area contributed by atoms with E-state index in [2.05, 4.69) is 10.3 Å². The van der Waals surface area contributed by atoms with Crippen LogP contribution < -0.4 is 19.5 Å². The Labute approximate surface area is 185 Å². The molecular weight excluding hydrogens is 414 g/mol. The van der Waals surface area contributed by atoms with Crippen molar-refractivity contribution in [2.75, 3.05) is 51.2 Å². The van der Waals surface area contributed by atoms with Crippen LogP contribution in [0.2, 0.25) is 0 Å². The molecule has 0 saturated carbocycles. The fraction of sp³-hybridized carbons (Fsp3) is 0.304. The third-order valence-electron chi connectivity index (χ3n) is 5.20. The highest BCUT2D eigenvalue weighted by Crippen LogP contribution is 2.35. The lowest BCUT2D eigenvalue weighted by molar-refractivity contribution is 0.0767. The van der Waals surface area contributed by atoms with Gasteiger partial charge in [-0.3, -0.25) is 4.79 Å². The van der Waals surface area contributed by atoms with Gasteiger partial charge in [0.25, 0.3) is 5.91 Å². The number of thioether (sulfide) groups is 1. The fourth-order valence-electron chi connectivity index (χ4n) is 3.60. The number of anilines is 2. The van der Waals surface area contributed by atoms with Gasteiger partial charge in [-0.1, -0.05) is 12.1 Å². The number of aromatic nitrogens is 1. The number of hydrogen-bond acceptors (Lipinski definition) is 7. The van der Waals surface area contributed by atoms with E-state index < -0.39 is 0 Å². The second-order valence-electron chi connectivity index (χ2n) is 7.01. The Bertz CT molecular complexity index is 1100. The van der Waals surface area contributed by atoms with Crippen LogP contribution in [0.1, 0.15) is 10.5 Å². The minimum Gasteiger partial charge on any atom is -0.494 e. The number of nitrogens with zero attached hydrogens (tertiary/aromatic N) is 2. The van der Waals surface area contributed by atoms with Gasteiger partial charge in [0.1, 0.15) is 17.0 Å². The Morgan fingerprint density at radius 1 is 0.968 bits per heavy atom. The van der Waals surface area contributed by atoms with E-state index in [4.69, 9.17) is 14.2 Å². The van der Waals surface area contributed by atoms with Crippen LogP contribution in [0.4, 0.5) is 11.4 Å². The van der Waals surface area contributed by atoms with Crippen LogP contribution in [0.15, 0.2) is 42.5 Å². The summed E-state index contributed by atoms with van der Waals surface area (Å²) >= 11 is 1.86. The number of ether oxygens (including phenoxy) is 3. The lowest BCUT2D eigenvalue weighted by Crippen LogP contribution is -2.38. The third-order valence-corrected chi connectivity index (χ3v) is 6.14. The van der Waals surface area contributed by atoms with Gasteiger partial charge < -0.3 is 24.4 Å². The number of carbonyl (C=O) groups is 1. The molecule has 1 aliphatic heterocycles.